The summed E-state index contributed by atoms with van der Waals surface area (Å²) in [7, 11) is 0. The third kappa shape index (κ3) is 2.96. The normalized spacial score (nSPS) is 10.2. The second kappa shape index (κ2) is 4.83. The molecule has 66 valence electrons. The van der Waals surface area contributed by atoms with Gasteiger partial charge in [0.05, 0.1) is 6.20 Å². The van der Waals surface area contributed by atoms with Crippen molar-refractivity contribution in [1.29, 1.82) is 0 Å². The smallest absolute Gasteiger partial charge is 0.141 e. The van der Waals surface area contributed by atoms with Crippen LogP contribution in [0.25, 0.3) is 0 Å². The molecule has 0 atom stereocenters. The number of nitrogens with zero attached hydrogens (tertiary/aromatic N) is 1. The molecule has 0 aliphatic rings. The Morgan fingerprint density at radius 1 is 1.33 bits per heavy atom. The van der Waals surface area contributed by atoms with Gasteiger partial charge in [0.2, 0.25) is 0 Å². The second-order valence-electron chi connectivity index (χ2n) is 2.76. The molecule has 0 radical (unpaired) electrons. The number of hydrogen-bond donors (Lipinski definition) is 1. The molecular weight excluding hydrogens is 155 g/mol. The third-order valence-electron chi connectivity index (χ3n) is 1.68. The molecule has 0 saturated carbocycles. The van der Waals surface area contributed by atoms with Crippen LogP contribution in [0.5, 0.6) is 0 Å². The van der Waals surface area contributed by atoms with Crippen LogP contribution in [0.3, 0.4) is 0 Å². The highest BCUT2D eigenvalue weighted by atomic mass is 19.1. The first-order chi connectivity index (χ1) is 5.83. The van der Waals surface area contributed by atoms with Crippen molar-refractivity contribution in [3.05, 3.63) is 29.8 Å². The Balaban J connectivity index is 2.41. The average Bonchev–Trinajstić information content (AvgIpc) is 2.05. The molecule has 1 aromatic heterocycles. The lowest BCUT2D eigenvalue weighted by Crippen LogP contribution is -1.99. The van der Waals surface area contributed by atoms with Gasteiger partial charge in [0.1, 0.15) is 5.82 Å². The van der Waals surface area contributed by atoms with Gasteiger partial charge in [-0.2, -0.15) is 0 Å². The van der Waals surface area contributed by atoms with E-state index in [-0.39, 0.29) is 5.82 Å². The van der Waals surface area contributed by atoms with E-state index < -0.39 is 0 Å². The van der Waals surface area contributed by atoms with Gasteiger partial charge in [-0.25, -0.2) is 4.39 Å². The van der Waals surface area contributed by atoms with E-state index >= 15 is 0 Å². The summed E-state index contributed by atoms with van der Waals surface area (Å²) in [4.78, 5) is 3.76. The highest BCUT2D eigenvalue weighted by Gasteiger charge is 1.95. The summed E-state index contributed by atoms with van der Waals surface area (Å²) in [5.41, 5.74) is 6.28. The lowest BCUT2D eigenvalue weighted by molar-refractivity contribution is 0.616. The SMILES string of the molecule is NCCCCc1cncc(F)c1. The predicted octanol–water partition coefficient (Wildman–Crippen LogP) is 1.50. The lowest BCUT2D eigenvalue weighted by atomic mass is 10.1. The molecular formula is C9H13FN2. The molecule has 0 aliphatic carbocycles. The van der Waals surface area contributed by atoms with Gasteiger partial charge in [-0.3, -0.25) is 4.98 Å². The standard InChI is InChI=1S/C9H13FN2/c10-9-5-8(6-12-7-9)3-1-2-4-11/h5-7H,1-4,11H2. The Labute approximate surface area is 71.6 Å². The minimum Gasteiger partial charge on any atom is -0.330 e. The maximum Gasteiger partial charge on any atom is 0.141 e. The first-order valence-corrected chi connectivity index (χ1v) is 4.12. The molecule has 0 spiro atoms. The fourth-order valence-electron chi connectivity index (χ4n) is 1.07. The molecule has 0 fully saturated rings. The first-order valence-electron chi connectivity index (χ1n) is 4.12. The van der Waals surface area contributed by atoms with E-state index in [0.29, 0.717) is 6.54 Å². The number of aryl methyl sites for hydroxylation is 1. The van der Waals surface area contributed by atoms with Crippen molar-refractivity contribution in [2.75, 3.05) is 6.54 Å². The minimum atomic E-state index is -0.264. The van der Waals surface area contributed by atoms with Gasteiger partial charge in [-0.05, 0) is 37.4 Å². The summed E-state index contributed by atoms with van der Waals surface area (Å²) >= 11 is 0. The molecule has 0 aliphatic heterocycles. The number of rotatable bonds is 4. The molecule has 1 heterocycles. The average molecular weight is 168 g/mol. The molecule has 2 N–H and O–H groups in total. The number of pyridine rings is 1. The summed E-state index contributed by atoms with van der Waals surface area (Å²) in [6.45, 7) is 0.697. The fourth-order valence-corrected chi connectivity index (χ4v) is 1.07. The van der Waals surface area contributed by atoms with Crippen molar-refractivity contribution in [2.45, 2.75) is 19.3 Å². The van der Waals surface area contributed by atoms with E-state index in [1.54, 1.807) is 6.20 Å². The first kappa shape index (κ1) is 9.13. The third-order valence-corrected chi connectivity index (χ3v) is 1.68. The molecule has 2 nitrogen and oxygen atoms in total. The topological polar surface area (TPSA) is 38.9 Å². The van der Waals surface area contributed by atoms with Gasteiger partial charge in [-0.1, -0.05) is 0 Å². The molecule has 0 bridgehead atoms. The predicted molar refractivity (Wildman–Crippen MR) is 46.2 cm³/mol. The number of hydrogen-bond acceptors (Lipinski definition) is 2. The van der Waals surface area contributed by atoms with Crippen molar-refractivity contribution in [3.8, 4) is 0 Å². The zero-order valence-electron chi connectivity index (χ0n) is 6.96. The van der Waals surface area contributed by atoms with Crippen LogP contribution < -0.4 is 5.73 Å². The highest BCUT2D eigenvalue weighted by Crippen LogP contribution is 2.04. The van der Waals surface area contributed by atoms with Gasteiger partial charge >= 0.3 is 0 Å². The van der Waals surface area contributed by atoms with E-state index in [4.69, 9.17) is 5.73 Å². The molecule has 3 heteroatoms. The van der Waals surface area contributed by atoms with E-state index in [1.165, 1.54) is 12.3 Å². The van der Waals surface area contributed by atoms with Crippen LogP contribution in [0.2, 0.25) is 0 Å². The molecule has 0 saturated heterocycles. The molecule has 0 aromatic carbocycles. The summed E-state index contributed by atoms with van der Waals surface area (Å²) in [5, 5.41) is 0. The van der Waals surface area contributed by atoms with E-state index in [1.807, 2.05) is 0 Å². The van der Waals surface area contributed by atoms with Crippen LogP contribution in [0.4, 0.5) is 4.39 Å². The van der Waals surface area contributed by atoms with Gasteiger partial charge in [0.15, 0.2) is 0 Å². The molecule has 1 aromatic rings. The summed E-state index contributed by atoms with van der Waals surface area (Å²) in [5.74, 6) is -0.264. The Morgan fingerprint density at radius 3 is 2.83 bits per heavy atom. The van der Waals surface area contributed by atoms with Crippen LogP contribution >= 0.6 is 0 Å². The quantitative estimate of drug-likeness (QED) is 0.692. The lowest BCUT2D eigenvalue weighted by Gasteiger charge is -1.98. The van der Waals surface area contributed by atoms with Crippen molar-refractivity contribution < 1.29 is 4.39 Å². The van der Waals surface area contributed by atoms with Crippen LogP contribution in [-0.4, -0.2) is 11.5 Å². The summed E-state index contributed by atoms with van der Waals surface area (Å²) in [6, 6.07) is 1.52. The maximum atomic E-state index is 12.6. The summed E-state index contributed by atoms with van der Waals surface area (Å²) < 4.78 is 12.6. The number of halogens is 1. The fraction of sp³-hybridized carbons (Fsp3) is 0.444. The Kier molecular flexibility index (Phi) is 3.67. The van der Waals surface area contributed by atoms with E-state index in [2.05, 4.69) is 4.98 Å². The van der Waals surface area contributed by atoms with Crippen molar-refractivity contribution in [1.82, 2.24) is 4.98 Å². The zero-order chi connectivity index (χ0) is 8.81. The Bertz CT molecular complexity index is 238. The van der Waals surface area contributed by atoms with Crippen LogP contribution in [-0.2, 0) is 6.42 Å². The van der Waals surface area contributed by atoms with E-state index in [0.717, 1.165) is 24.8 Å². The highest BCUT2D eigenvalue weighted by molar-refractivity contribution is 5.09. The van der Waals surface area contributed by atoms with Gasteiger partial charge < -0.3 is 5.73 Å². The van der Waals surface area contributed by atoms with Crippen LogP contribution in [0.1, 0.15) is 18.4 Å². The van der Waals surface area contributed by atoms with Gasteiger partial charge in [0, 0.05) is 6.20 Å². The van der Waals surface area contributed by atoms with Crippen LogP contribution in [0.15, 0.2) is 18.5 Å². The molecule has 1 rings (SSSR count). The van der Waals surface area contributed by atoms with Crippen LogP contribution in [0, 0.1) is 5.82 Å². The Morgan fingerprint density at radius 2 is 2.17 bits per heavy atom. The van der Waals surface area contributed by atoms with Crippen molar-refractivity contribution in [2.24, 2.45) is 5.73 Å². The largest absolute Gasteiger partial charge is 0.330 e. The second-order valence-corrected chi connectivity index (χ2v) is 2.76. The zero-order valence-corrected chi connectivity index (χ0v) is 6.96. The number of nitrogens with two attached hydrogens (primary N) is 1. The van der Waals surface area contributed by atoms with E-state index in [9.17, 15) is 4.39 Å². The summed E-state index contributed by atoms with van der Waals surface area (Å²) in [6.07, 6.45) is 5.76. The number of unbranched alkanes of at least 4 members (excludes halogenated alkanes) is 1. The van der Waals surface area contributed by atoms with Crippen molar-refractivity contribution >= 4 is 0 Å². The monoisotopic (exact) mass is 168 g/mol. The number of aromatic nitrogens is 1. The maximum absolute atomic E-state index is 12.6. The molecule has 12 heavy (non-hydrogen) atoms. The van der Waals surface area contributed by atoms with Crippen molar-refractivity contribution in [3.63, 3.8) is 0 Å². The Hall–Kier alpha value is -0.960. The molecule has 0 unspecified atom stereocenters. The van der Waals surface area contributed by atoms with Gasteiger partial charge in [0.25, 0.3) is 0 Å². The molecule has 0 amide bonds. The minimum absolute atomic E-state index is 0.264. The van der Waals surface area contributed by atoms with Gasteiger partial charge in [-0.15, -0.1) is 0 Å².